The summed E-state index contributed by atoms with van der Waals surface area (Å²) in [4.78, 5) is 10.2. The summed E-state index contributed by atoms with van der Waals surface area (Å²) in [6.07, 6.45) is 0. The number of nitro benzene ring substituents is 1. The summed E-state index contributed by atoms with van der Waals surface area (Å²) in [5.74, 6) is 0. The van der Waals surface area contributed by atoms with Gasteiger partial charge in [0.25, 0.3) is 15.7 Å². The van der Waals surface area contributed by atoms with Gasteiger partial charge in [0.2, 0.25) is 0 Å². The molecule has 7 heteroatoms. The lowest BCUT2D eigenvalue weighted by molar-refractivity contribution is -0.384. The first-order chi connectivity index (χ1) is 10.8. The quantitative estimate of drug-likeness (QED) is 0.620. The zero-order chi connectivity index (χ0) is 17.2. The van der Waals surface area contributed by atoms with Gasteiger partial charge in [0.15, 0.2) is 0 Å². The third-order valence-electron chi connectivity index (χ3n) is 3.77. The van der Waals surface area contributed by atoms with Gasteiger partial charge in [-0.1, -0.05) is 12.1 Å². The van der Waals surface area contributed by atoms with Crippen molar-refractivity contribution in [1.82, 2.24) is 0 Å². The number of non-ortho nitro benzene ring substituents is 1. The molecule has 0 aliphatic heterocycles. The highest BCUT2D eigenvalue weighted by Gasteiger charge is 2.25. The van der Waals surface area contributed by atoms with Crippen molar-refractivity contribution in [2.24, 2.45) is 0 Å². The Morgan fingerprint density at radius 2 is 1.70 bits per heavy atom. The minimum atomic E-state index is -3.78. The zero-order valence-electron chi connectivity index (χ0n) is 13.2. The van der Waals surface area contributed by atoms with E-state index in [-0.39, 0.29) is 17.1 Å². The summed E-state index contributed by atoms with van der Waals surface area (Å²) in [5.41, 5.74) is 2.37. The Kier molecular flexibility index (Phi) is 4.70. The Bertz CT molecular complexity index is 830. The number of hydrogen-bond acceptors (Lipinski definition) is 4. The molecule has 23 heavy (non-hydrogen) atoms. The van der Waals surface area contributed by atoms with Crippen LogP contribution in [0, 0.1) is 24.0 Å². The highest BCUT2D eigenvalue weighted by Crippen LogP contribution is 2.28. The van der Waals surface area contributed by atoms with E-state index in [2.05, 4.69) is 0 Å². The Hall–Kier alpha value is -2.41. The molecule has 0 spiro atoms. The lowest BCUT2D eigenvalue weighted by atomic mass is 10.1. The van der Waals surface area contributed by atoms with Gasteiger partial charge in [-0.15, -0.1) is 0 Å². The molecule has 2 rings (SSSR count). The molecule has 0 aliphatic carbocycles. The average molecular weight is 334 g/mol. The molecule has 0 radical (unpaired) electrons. The van der Waals surface area contributed by atoms with E-state index in [9.17, 15) is 18.5 Å². The fourth-order valence-electron chi connectivity index (χ4n) is 2.34. The van der Waals surface area contributed by atoms with E-state index in [4.69, 9.17) is 0 Å². The van der Waals surface area contributed by atoms with Crippen LogP contribution >= 0.6 is 0 Å². The van der Waals surface area contributed by atoms with Crippen LogP contribution in [0.3, 0.4) is 0 Å². The van der Waals surface area contributed by atoms with Gasteiger partial charge in [-0.2, -0.15) is 0 Å². The van der Waals surface area contributed by atoms with Gasteiger partial charge < -0.3 is 0 Å². The van der Waals surface area contributed by atoms with Crippen molar-refractivity contribution in [2.75, 3.05) is 10.8 Å². The average Bonchev–Trinajstić information content (AvgIpc) is 2.52. The molecule has 0 atom stereocenters. The maximum absolute atomic E-state index is 12.9. The number of benzene rings is 2. The van der Waals surface area contributed by atoms with Gasteiger partial charge in [0.1, 0.15) is 0 Å². The molecule has 2 aromatic carbocycles. The van der Waals surface area contributed by atoms with Crippen molar-refractivity contribution < 1.29 is 13.3 Å². The number of sulfonamides is 1. The van der Waals surface area contributed by atoms with Crippen molar-refractivity contribution in [2.45, 2.75) is 25.7 Å². The minimum absolute atomic E-state index is 0.0332. The van der Waals surface area contributed by atoms with Crippen LogP contribution in [0.25, 0.3) is 0 Å². The second-order valence-corrected chi connectivity index (χ2v) is 7.00. The molecule has 122 valence electrons. The molecule has 0 fully saturated rings. The first-order valence-electron chi connectivity index (χ1n) is 7.12. The molecular formula is C16H18N2O4S. The topological polar surface area (TPSA) is 80.5 Å². The monoisotopic (exact) mass is 334 g/mol. The van der Waals surface area contributed by atoms with Crippen molar-refractivity contribution in [3.05, 3.63) is 63.7 Å². The molecule has 0 aliphatic rings. The van der Waals surface area contributed by atoms with Gasteiger partial charge in [-0.05, 0) is 50.1 Å². The Balaban J connectivity index is 2.51. The number of nitro groups is 1. The summed E-state index contributed by atoms with van der Waals surface area (Å²) in [6.45, 7) is 5.82. The molecule has 2 aromatic rings. The van der Waals surface area contributed by atoms with Crippen LogP contribution < -0.4 is 4.31 Å². The van der Waals surface area contributed by atoms with Gasteiger partial charge >= 0.3 is 0 Å². The Morgan fingerprint density at radius 3 is 2.22 bits per heavy atom. The Morgan fingerprint density at radius 1 is 1.09 bits per heavy atom. The fourth-order valence-corrected chi connectivity index (χ4v) is 3.87. The lowest BCUT2D eigenvalue weighted by Gasteiger charge is -2.25. The highest BCUT2D eigenvalue weighted by molar-refractivity contribution is 7.92. The van der Waals surface area contributed by atoms with Crippen molar-refractivity contribution in [3.63, 3.8) is 0 Å². The van der Waals surface area contributed by atoms with Gasteiger partial charge in [0.05, 0.1) is 15.5 Å². The first kappa shape index (κ1) is 17.0. The summed E-state index contributed by atoms with van der Waals surface area (Å²) in [6, 6.07) is 10.4. The van der Waals surface area contributed by atoms with E-state index in [1.807, 2.05) is 26.0 Å². The Labute approximate surface area is 135 Å². The van der Waals surface area contributed by atoms with Gasteiger partial charge in [0, 0.05) is 18.7 Å². The van der Waals surface area contributed by atoms with E-state index in [0.29, 0.717) is 5.69 Å². The lowest BCUT2D eigenvalue weighted by Crippen LogP contribution is -2.31. The zero-order valence-corrected chi connectivity index (χ0v) is 14.0. The van der Waals surface area contributed by atoms with Crippen LogP contribution in [0.5, 0.6) is 0 Å². The van der Waals surface area contributed by atoms with Crippen LogP contribution in [0.15, 0.2) is 47.4 Å². The second kappa shape index (κ2) is 6.37. The SMILES string of the molecule is CCN(c1cccc(C)c1C)S(=O)(=O)c1ccc([N+](=O)[O-])cc1. The van der Waals surface area contributed by atoms with E-state index < -0.39 is 14.9 Å². The smallest absolute Gasteiger partial charge is 0.266 e. The maximum Gasteiger partial charge on any atom is 0.269 e. The second-order valence-electron chi connectivity index (χ2n) is 5.14. The first-order valence-corrected chi connectivity index (χ1v) is 8.56. The van der Waals surface area contributed by atoms with Crippen molar-refractivity contribution in [1.29, 1.82) is 0 Å². The molecule has 0 unspecified atom stereocenters. The third-order valence-corrected chi connectivity index (χ3v) is 5.67. The number of nitrogens with zero attached hydrogens (tertiary/aromatic N) is 2. The van der Waals surface area contributed by atoms with Crippen molar-refractivity contribution >= 4 is 21.4 Å². The maximum atomic E-state index is 12.9. The summed E-state index contributed by atoms with van der Waals surface area (Å²) >= 11 is 0. The molecule has 0 saturated carbocycles. The number of anilines is 1. The molecule has 0 bridgehead atoms. The fraction of sp³-hybridized carbons (Fsp3) is 0.250. The largest absolute Gasteiger partial charge is 0.269 e. The summed E-state index contributed by atoms with van der Waals surface area (Å²) in [7, 11) is -3.78. The number of aryl methyl sites for hydroxylation is 1. The molecule has 0 aromatic heterocycles. The molecule has 0 heterocycles. The van der Waals surface area contributed by atoms with E-state index >= 15 is 0 Å². The van der Waals surface area contributed by atoms with Crippen LogP contribution in [-0.4, -0.2) is 19.9 Å². The van der Waals surface area contributed by atoms with Gasteiger partial charge in [-0.3, -0.25) is 14.4 Å². The number of hydrogen-bond donors (Lipinski definition) is 0. The predicted octanol–water partition coefficient (Wildman–Crippen LogP) is 3.43. The minimum Gasteiger partial charge on any atom is -0.266 e. The molecule has 0 N–H and O–H groups in total. The van der Waals surface area contributed by atoms with Crippen LogP contribution in [0.4, 0.5) is 11.4 Å². The highest BCUT2D eigenvalue weighted by atomic mass is 32.2. The molecular weight excluding hydrogens is 316 g/mol. The number of rotatable bonds is 5. The molecule has 0 saturated heterocycles. The van der Waals surface area contributed by atoms with Crippen LogP contribution in [-0.2, 0) is 10.0 Å². The molecule has 6 nitrogen and oxygen atoms in total. The standard InChI is InChI=1S/C16H18N2O4S/c1-4-17(16-7-5-6-12(2)13(16)3)23(21,22)15-10-8-14(9-11-15)18(19)20/h5-11H,4H2,1-3H3. The molecule has 0 amide bonds. The normalized spacial score (nSPS) is 11.3. The van der Waals surface area contributed by atoms with Crippen molar-refractivity contribution in [3.8, 4) is 0 Å². The van der Waals surface area contributed by atoms with Crippen LogP contribution in [0.2, 0.25) is 0 Å². The predicted molar refractivity (Wildman–Crippen MR) is 89.2 cm³/mol. The van der Waals surface area contributed by atoms with Crippen LogP contribution in [0.1, 0.15) is 18.1 Å². The van der Waals surface area contributed by atoms with E-state index in [1.54, 1.807) is 13.0 Å². The summed E-state index contributed by atoms with van der Waals surface area (Å²) in [5, 5.41) is 10.7. The third kappa shape index (κ3) is 3.19. The summed E-state index contributed by atoms with van der Waals surface area (Å²) < 4.78 is 27.0. The van der Waals surface area contributed by atoms with E-state index in [1.165, 1.54) is 28.6 Å². The van der Waals surface area contributed by atoms with E-state index in [0.717, 1.165) is 11.1 Å². The van der Waals surface area contributed by atoms with Gasteiger partial charge in [-0.25, -0.2) is 8.42 Å².